The molecule has 0 aliphatic heterocycles. The molecule has 10 nitrogen and oxygen atoms in total. The molecular weight excluding hydrogens is 558 g/mol. The molecule has 0 radical (unpaired) electrons. The maximum Gasteiger partial charge on any atom is 0.322 e. The highest BCUT2D eigenvalue weighted by atomic mass is 32.2. The zero-order valence-corrected chi connectivity index (χ0v) is 24.5. The minimum atomic E-state index is -4.06. The minimum Gasteiger partial charge on any atom is -0.388 e. The van der Waals surface area contributed by atoms with Crippen LogP contribution in [0.3, 0.4) is 0 Å². The minimum absolute atomic E-state index is 0.0347. The first-order valence-corrected chi connectivity index (χ1v) is 14.9. The Morgan fingerprint density at radius 2 is 1.21 bits per heavy atom. The predicted molar refractivity (Wildman–Crippen MR) is 157 cm³/mol. The first-order chi connectivity index (χ1) is 20.3. The number of rotatable bonds is 16. The molecule has 3 aromatic carbocycles. The van der Waals surface area contributed by atoms with Crippen LogP contribution in [0, 0.1) is 0 Å². The summed E-state index contributed by atoms with van der Waals surface area (Å²) in [5, 5.41) is 27.1. The van der Waals surface area contributed by atoms with Gasteiger partial charge in [-0.15, -0.1) is 4.09 Å². The number of hydrogen-bond donors (Lipinski definition) is 2. The van der Waals surface area contributed by atoms with Crippen LogP contribution in [-0.2, 0) is 44.2 Å². The summed E-state index contributed by atoms with van der Waals surface area (Å²) in [5.74, 6) is 0. The molecule has 4 rings (SSSR count). The maximum atomic E-state index is 13.0. The Hall–Kier alpha value is -3.42. The van der Waals surface area contributed by atoms with E-state index in [1.807, 2.05) is 91.0 Å². The van der Waals surface area contributed by atoms with Crippen LogP contribution in [0.4, 0.5) is 0 Å². The molecule has 0 aliphatic rings. The maximum absolute atomic E-state index is 13.0. The molecule has 11 heteroatoms. The summed E-state index contributed by atoms with van der Waals surface area (Å²) >= 11 is 0. The van der Waals surface area contributed by atoms with Crippen LogP contribution in [0.5, 0.6) is 0 Å². The van der Waals surface area contributed by atoms with Crippen molar-refractivity contribution in [3.63, 3.8) is 0 Å². The van der Waals surface area contributed by atoms with E-state index in [1.165, 1.54) is 26.4 Å². The van der Waals surface area contributed by atoms with E-state index in [0.29, 0.717) is 0 Å². The van der Waals surface area contributed by atoms with Gasteiger partial charge in [0.15, 0.2) is 0 Å². The Bertz CT molecular complexity index is 1450. The van der Waals surface area contributed by atoms with Gasteiger partial charge in [-0.05, 0) is 22.8 Å². The Balaban J connectivity index is 1.64. The molecule has 3 unspecified atom stereocenters. The predicted octanol–water partition coefficient (Wildman–Crippen LogP) is 3.32. The molecule has 1 aromatic heterocycles. The van der Waals surface area contributed by atoms with Gasteiger partial charge in [-0.25, -0.2) is 0 Å². The van der Waals surface area contributed by atoms with E-state index in [4.69, 9.17) is 14.2 Å². The van der Waals surface area contributed by atoms with Gasteiger partial charge < -0.3 is 24.4 Å². The fourth-order valence-corrected chi connectivity index (χ4v) is 5.24. The third-order valence-electron chi connectivity index (χ3n) is 6.61. The van der Waals surface area contributed by atoms with Crippen molar-refractivity contribution in [1.29, 1.82) is 0 Å². The van der Waals surface area contributed by atoms with Crippen molar-refractivity contribution in [3.8, 4) is 0 Å². The van der Waals surface area contributed by atoms with E-state index >= 15 is 0 Å². The SMILES string of the molecule is CN(C)S(=O)(=O)n1nccc1[C@H](O)C(OCc1ccccc1)C(OCc1ccccc1)C(O)COCc1ccccc1. The van der Waals surface area contributed by atoms with Crippen molar-refractivity contribution in [2.45, 2.75) is 44.2 Å². The number of aliphatic hydroxyl groups excluding tert-OH is 2. The van der Waals surface area contributed by atoms with Crippen molar-refractivity contribution in [1.82, 2.24) is 13.5 Å². The topological polar surface area (TPSA) is 123 Å². The highest BCUT2D eigenvalue weighted by Crippen LogP contribution is 2.28. The molecule has 0 spiro atoms. The fraction of sp³-hybridized carbons (Fsp3) is 0.323. The van der Waals surface area contributed by atoms with Gasteiger partial charge >= 0.3 is 10.2 Å². The van der Waals surface area contributed by atoms with Crippen LogP contribution < -0.4 is 0 Å². The molecule has 0 aliphatic carbocycles. The van der Waals surface area contributed by atoms with Gasteiger partial charge in [0.05, 0.1) is 38.3 Å². The van der Waals surface area contributed by atoms with Gasteiger partial charge in [-0.2, -0.15) is 17.8 Å². The highest BCUT2D eigenvalue weighted by Gasteiger charge is 2.39. The second-order valence-corrected chi connectivity index (χ2v) is 11.9. The van der Waals surface area contributed by atoms with E-state index in [0.717, 1.165) is 25.1 Å². The third-order valence-corrected chi connectivity index (χ3v) is 8.27. The Morgan fingerprint density at radius 3 is 1.71 bits per heavy atom. The van der Waals surface area contributed by atoms with Gasteiger partial charge in [0.1, 0.15) is 24.4 Å². The number of benzene rings is 3. The van der Waals surface area contributed by atoms with Gasteiger partial charge in [0, 0.05) is 14.1 Å². The summed E-state index contributed by atoms with van der Waals surface area (Å²) in [6, 6.07) is 29.6. The van der Waals surface area contributed by atoms with Crippen LogP contribution in [0.1, 0.15) is 28.5 Å². The number of nitrogens with zero attached hydrogens (tertiary/aromatic N) is 3. The smallest absolute Gasteiger partial charge is 0.322 e. The summed E-state index contributed by atoms with van der Waals surface area (Å²) in [6.45, 7) is 0.311. The molecule has 2 N–H and O–H groups in total. The second-order valence-electron chi connectivity index (χ2n) is 9.92. The summed E-state index contributed by atoms with van der Waals surface area (Å²) in [4.78, 5) is 0. The molecule has 4 atom stereocenters. The highest BCUT2D eigenvalue weighted by molar-refractivity contribution is 7.87. The molecule has 0 amide bonds. The van der Waals surface area contributed by atoms with Crippen LogP contribution >= 0.6 is 0 Å². The van der Waals surface area contributed by atoms with E-state index in [2.05, 4.69) is 5.10 Å². The summed E-state index contributed by atoms with van der Waals surface area (Å²) in [7, 11) is -1.32. The van der Waals surface area contributed by atoms with Gasteiger partial charge in [0.2, 0.25) is 0 Å². The molecule has 224 valence electrons. The molecular formula is C31H37N3O7S. The quantitative estimate of drug-likeness (QED) is 0.202. The average Bonchev–Trinajstić information content (AvgIpc) is 3.51. The molecule has 42 heavy (non-hydrogen) atoms. The number of aromatic nitrogens is 2. The Morgan fingerprint density at radius 1 is 0.738 bits per heavy atom. The van der Waals surface area contributed by atoms with Gasteiger partial charge in [-0.1, -0.05) is 91.0 Å². The molecule has 0 fully saturated rings. The normalized spacial score (nSPS) is 14.9. The summed E-state index contributed by atoms with van der Waals surface area (Å²) in [6.07, 6.45) is -3.83. The number of hydrogen-bond acceptors (Lipinski definition) is 8. The van der Waals surface area contributed by atoms with Crippen LogP contribution in [0.2, 0.25) is 0 Å². The molecule has 0 saturated heterocycles. The number of ether oxygens (including phenoxy) is 3. The molecule has 0 saturated carbocycles. The van der Waals surface area contributed by atoms with Crippen molar-refractivity contribution in [2.24, 2.45) is 0 Å². The van der Waals surface area contributed by atoms with E-state index < -0.39 is 34.6 Å². The van der Waals surface area contributed by atoms with E-state index in [9.17, 15) is 18.6 Å². The third kappa shape index (κ3) is 8.33. The zero-order chi connectivity index (χ0) is 30.0. The molecule has 4 aromatic rings. The molecule has 0 bridgehead atoms. The first-order valence-electron chi connectivity index (χ1n) is 13.5. The Labute approximate surface area is 246 Å². The van der Waals surface area contributed by atoms with Crippen LogP contribution in [-0.4, -0.2) is 71.1 Å². The first kappa shape index (κ1) is 31.5. The summed E-state index contributed by atoms with van der Waals surface area (Å²) in [5.41, 5.74) is 2.56. The van der Waals surface area contributed by atoms with Crippen molar-refractivity contribution in [3.05, 3.63) is 126 Å². The van der Waals surface area contributed by atoms with Crippen LogP contribution in [0.15, 0.2) is 103 Å². The van der Waals surface area contributed by atoms with Crippen LogP contribution in [0.25, 0.3) is 0 Å². The number of aliphatic hydroxyl groups is 2. The molecule has 1 heterocycles. The summed E-state index contributed by atoms with van der Waals surface area (Å²) < 4.78 is 46.0. The van der Waals surface area contributed by atoms with Gasteiger partial charge in [-0.3, -0.25) is 0 Å². The van der Waals surface area contributed by atoms with Crippen molar-refractivity contribution in [2.75, 3.05) is 20.7 Å². The fourth-order valence-electron chi connectivity index (χ4n) is 4.32. The lowest BCUT2D eigenvalue weighted by atomic mass is 10.00. The lowest BCUT2D eigenvalue weighted by molar-refractivity contribution is -0.178. The lowest BCUT2D eigenvalue weighted by Gasteiger charge is -2.34. The van der Waals surface area contributed by atoms with Crippen molar-refractivity contribution < 1.29 is 32.8 Å². The standard InChI is InChI=1S/C31H37N3O7S/c1-33(2)42(37,38)34-27(18-19-32-34)29(36)31(41-22-26-16-10-5-11-17-26)30(40-21-25-14-8-4-9-15-25)28(35)23-39-20-24-12-6-3-7-13-24/h3-19,28-31,35-36H,20-23H2,1-2H3/t28?,29-,30?,31?/m0/s1. The van der Waals surface area contributed by atoms with E-state index in [1.54, 1.807) is 0 Å². The second kappa shape index (κ2) is 15.2. The largest absolute Gasteiger partial charge is 0.388 e. The average molecular weight is 596 g/mol. The Kier molecular flexibility index (Phi) is 11.4. The monoisotopic (exact) mass is 595 g/mol. The van der Waals surface area contributed by atoms with E-state index in [-0.39, 0.29) is 32.1 Å². The zero-order valence-electron chi connectivity index (χ0n) is 23.6. The van der Waals surface area contributed by atoms with Crippen molar-refractivity contribution >= 4 is 10.2 Å². The lowest BCUT2D eigenvalue weighted by Crippen LogP contribution is -2.47. The van der Waals surface area contributed by atoms with Gasteiger partial charge in [0.25, 0.3) is 0 Å².